The molecular weight excluding hydrogens is 267 g/mol. The summed E-state index contributed by atoms with van der Waals surface area (Å²) in [6, 6.07) is 2.92. The molecule has 1 aromatic carbocycles. The van der Waals surface area contributed by atoms with Crippen LogP contribution in [0.15, 0.2) is 17.0 Å². The van der Waals surface area contributed by atoms with Gasteiger partial charge in [0.25, 0.3) is 0 Å². The average Bonchev–Trinajstić information content (AvgIpc) is 2.17. The number of aromatic carboxylic acids is 1. The zero-order chi connectivity index (χ0) is 12.7. The summed E-state index contributed by atoms with van der Waals surface area (Å²) in [5, 5.41) is 9.52. The molecule has 0 aliphatic rings. The topological polar surface area (TPSA) is 37.3 Å². The van der Waals surface area contributed by atoms with Gasteiger partial charge >= 0.3 is 5.97 Å². The molecule has 0 aliphatic carbocycles. The zero-order valence-corrected chi connectivity index (χ0v) is 11.7. The van der Waals surface area contributed by atoms with Gasteiger partial charge in [-0.15, -0.1) is 11.8 Å². The van der Waals surface area contributed by atoms with E-state index in [1.54, 1.807) is 6.26 Å². The maximum absolute atomic E-state index is 10.8. The minimum atomic E-state index is -1.02. The van der Waals surface area contributed by atoms with Gasteiger partial charge in [0.15, 0.2) is 0 Å². The van der Waals surface area contributed by atoms with Crippen molar-refractivity contribution in [1.82, 2.24) is 0 Å². The Morgan fingerprint density at radius 3 is 2.25 bits per heavy atom. The minimum absolute atomic E-state index is 0.144. The highest BCUT2D eigenvalue weighted by atomic mass is 35.5. The second-order valence-corrected chi connectivity index (χ2v) is 4.64. The summed E-state index contributed by atoms with van der Waals surface area (Å²) >= 11 is 12.8. The Hall–Kier alpha value is -0.380. The van der Waals surface area contributed by atoms with Crippen LogP contribution in [0.1, 0.15) is 30.6 Å². The Morgan fingerprint density at radius 2 is 1.88 bits per heavy atom. The van der Waals surface area contributed by atoms with Gasteiger partial charge in [0.2, 0.25) is 0 Å². The van der Waals surface area contributed by atoms with E-state index in [1.807, 2.05) is 0 Å². The molecule has 0 bridgehead atoms. The Labute approximate surface area is 110 Å². The highest BCUT2D eigenvalue weighted by molar-refractivity contribution is 7.98. The van der Waals surface area contributed by atoms with Gasteiger partial charge in [-0.1, -0.05) is 43.5 Å². The first kappa shape index (κ1) is 15.6. The minimum Gasteiger partial charge on any atom is -0.478 e. The van der Waals surface area contributed by atoms with Crippen LogP contribution in [-0.2, 0) is 0 Å². The van der Waals surface area contributed by atoms with Gasteiger partial charge in [-0.05, 0) is 18.4 Å². The van der Waals surface area contributed by atoms with Crippen LogP contribution in [0, 0.1) is 0 Å². The molecule has 1 rings (SSSR count). The van der Waals surface area contributed by atoms with Gasteiger partial charge in [0.05, 0.1) is 10.6 Å². The van der Waals surface area contributed by atoms with E-state index in [0.29, 0.717) is 14.9 Å². The zero-order valence-electron chi connectivity index (χ0n) is 9.38. The molecular formula is C11H14Cl2O2S. The lowest BCUT2D eigenvalue weighted by Gasteiger charge is -2.05. The number of halogens is 2. The monoisotopic (exact) mass is 280 g/mol. The first-order valence-electron chi connectivity index (χ1n) is 4.74. The highest BCUT2D eigenvalue weighted by Crippen LogP contribution is 2.32. The number of hydrogen-bond acceptors (Lipinski definition) is 2. The summed E-state index contributed by atoms with van der Waals surface area (Å²) in [4.78, 5) is 11.3. The maximum atomic E-state index is 10.8. The standard InChI is InChI=1S/C8H6Cl2O2S.C3H8/c1-13-7-5(8(11)12)2-4(9)3-6(7)10;1-3-2/h2-3H,1H3,(H,11,12);3H2,1-2H3. The third-order valence-electron chi connectivity index (χ3n) is 1.44. The van der Waals surface area contributed by atoms with Crippen molar-refractivity contribution in [2.45, 2.75) is 25.2 Å². The van der Waals surface area contributed by atoms with Crippen LogP contribution < -0.4 is 0 Å². The van der Waals surface area contributed by atoms with E-state index in [-0.39, 0.29) is 5.56 Å². The van der Waals surface area contributed by atoms with Crippen molar-refractivity contribution >= 4 is 40.9 Å². The fourth-order valence-electron chi connectivity index (χ4n) is 0.927. The summed E-state index contributed by atoms with van der Waals surface area (Å²) < 4.78 is 0. The molecule has 0 spiro atoms. The quantitative estimate of drug-likeness (QED) is 0.789. The maximum Gasteiger partial charge on any atom is 0.336 e. The summed E-state index contributed by atoms with van der Waals surface area (Å²) in [6.07, 6.45) is 3.02. The fraction of sp³-hybridized carbons (Fsp3) is 0.364. The van der Waals surface area contributed by atoms with E-state index in [2.05, 4.69) is 13.8 Å². The highest BCUT2D eigenvalue weighted by Gasteiger charge is 2.13. The SMILES string of the molecule is CCC.CSc1c(Cl)cc(Cl)cc1C(=O)O. The lowest BCUT2D eigenvalue weighted by atomic mass is 10.2. The molecule has 0 aromatic heterocycles. The van der Waals surface area contributed by atoms with Crippen molar-refractivity contribution in [2.24, 2.45) is 0 Å². The molecule has 0 unspecified atom stereocenters. The van der Waals surface area contributed by atoms with E-state index in [4.69, 9.17) is 28.3 Å². The average molecular weight is 281 g/mol. The molecule has 1 aromatic rings. The largest absolute Gasteiger partial charge is 0.478 e. The first-order valence-corrected chi connectivity index (χ1v) is 6.72. The Morgan fingerprint density at radius 1 is 1.38 bits per heavy atom. The Kier molecular flexibility index (Phi) is 7.64. The van der Waals surface area contributed by atoms with E-state index in [9.17, 15) is 4.79 Å². The van der Waals surface area contributed by atoms with Crippen molar-refractivity contribution < 1.29 is 9.90 Å². The molecule has 0 radical (unpaired) electrons. The Balaban J connectivity index is 0.000000673. The van der Waals surface area contributed by atoms with Crippen LogP contribution in [0.25, 0.3) is 0 Å². The van der Waals surface area contributed by atoms with E-state index in [1.165, 1.54) is 30.3 Å². The fourth-order valence-corrected chi connectivity index (χ4v) is 2.27. The van der Waals surface area contributed by atoms with Crippen LogP contribution in [0.4, 0.5) is 0 Å². The van der Waals surface area contributed by atoms with Crippen LogP contribution in [0.5, 0.6) is 0 Å². The molecule has 0 fully saturated rings. The van der Waals surface area contributed by atoms with Gasteiger partial charge in [-0.25, -0.2) is 4.79 Å². The molecule has 0 aliphatic heterocycles. The molecule has 16 heavy (non-hydrogen) atoms. The van der Waals surface area contributed by atoms with Crippen LogP contribution in [0.3, 0.4) is 0 Å². The molecule has 90 valence electrons. The van der Waals surface area contributed by atoms with Gasteiger partial charge in [0.1, 0.15) is 0 Å². The van der Waals surface area contributed by atoms with Crippen LogP contribution in [0.2, 0.25) is 10.0 Å². The molecule has 1 N–H and O–H groups in total. The molecule has 0 saturated heterocycles. The van der Waals surface area contributed by atoms with Gasteiger partial charge in [-0.3, -0.25) is 0 Å². The third kappa shape index (κ3) is 4.64. The normalized spacial score (nSPS) is 9.31. The van der Waals surface area contributed by atoms with Crippen molar-refractivity contribution in [3.8, 4) is 0 Å². The molecule has 0 amide bonds. The van der Waals surface area contributed by atoms with Crippen LogP contribution >= 0.6 is 35.0 Å². The number of rotatable bonds is 2. The van der Waals surface area contributed by atoms with Crippen molar-refractivity contribution in [3.05, 3.63) is 27.7 Å². The number of carbonyl (C=O) groups is 1. The number of thioether (sulfide) groups is 1. The van der Waals surface area contributed by atoms with Gasteiger partial charge in [0, 0.05) is 9.92 Å². The lowest BCUT2D eigenvalue weighted by Crippen LogP contribution is -1.99. The van der Waals surface area contributed by atoms with Crippen LogP contribution in [-0.4, -0.2) is 17.3 Å². The number of benzene rings is 1. The smallest absolute Gasteiger partial charge is 0.336 e. The van der Waals surface area contributed by atoms with Crippen molar-refractivity contribution in [2.75, 3.05) is 6.26 Å². The number of carboxylic acids is 1. The molecule has 0 atom stereocenters. The van der Waals surface area contributed by atoms with Gasteiger partial charge < -0.3 is 5.11 Å². The molecule has 0 saturated carbocycles. The predicted octanol–water partition coefficient (Wildman–Crippen LogP) is 4.83. The second-order valence-electron chi connectivity index (χ2n) is 2.98. The van der Waals surface area contributed by atoms with E-state index >= 15 is 0 Å². The first-order chi connectivity index (χ1) is 7.47. The second kappa shape index (κ2) is 7.82. The number of hydrogen-bond donors (Lipinski definition) is 1. The lowest BCUT2D eigenvalue weighted by molar-refractivity contribution is 0.0693. The van der Waals surface area contributed by atoms with E-state index in [0.717, 1.165) is 0 Å². The van der Waals surface area contributed by atoms with Crippen molar-refractivity contribution in [3.63, 3.8) is 0 Å². The third-order valence-corrected chi connectivity index (χ3v) is 2.92. The Bertz CT molecular complexity index is 367. The summed E-state index contributed by atoms with van der Waals surface area (Å²) in [6.45, 7) is 4.25. The summed E-state index contributed by atoms with van der Waals surface area (Å²) in [7, 11) is 0. The number of carboxylic acid groups (broad SMARTS) is 1. The molecule has 5 heteroatoms. The predicted molar refractivity (Wildman–Crippen MR) is 71.2 cm³/mol. The van der Waals surface area contributed by atoms with Gasteiger partial charge in [-0.2, -0.15) is 0 Å². The summed E-state index contributed by atoms with van der Waals surface area (Å²) in [5.74, 6) is -1.02. The summed E-state index contributed by atoms with van der Waals surface area (Å²) in [5.41, 5.74) is 0.144. The molecule has 0 heterocycles. The van der Waals surface area contributed by atoms with Crippen molar-refractivity contribution in [1.29, 1.82) is 0 Å². The van der Waals surface area contributed by atoms with E-state index < -0.39 is 5.97 Å². The molecule has 2 nitrogen and oxygen atoms in total.